The molecular weight excluding hydrogens is 284 g/mol. The molecular formula is C17H25ClN2O. The van der Waals surface area contributed by atoms with E-state index in [0.29, 0.717) is 12.6 Å². The highest BCUT2D eigenvalue weighted by atomic mass is 35.5. The zero-order valence-corrected chi connectivity index (χ0v) is 13.4. The summed E-state index contributed by atoms with van der Waals surface area (Å²) in [6, 6.07) is 10.8. The molecule has 21 heavy (non-hydrogen) atoms. The summed E-state index contributed by atoms with van der Waals surface area (Å²) in [7, 11) is 1.92. The molecule has 1 aliphatic heterocycles. The lowest BCUT2D eigenvalue weighted by molar-refractivity contribution is -0.132. The predicted molar refractivity (Wildman–Crippen MR) is 87.5 cm³/mol. The van der Waals surface area contributed by atoms with Crippen molar-refractivity contribution in [3.63, 3.8) is 0 Å². The molecule has 4 heteroatoms. The fourth-order valence-electron chi connectivity index (χ4n) is 3.71. The summed E-state index contributed by atoms with van der Waals surface area (Å²) in [5, 5.41) is 3.57. The molecule has 0 spiro atoms. The summed E-state index contributed by atoms with van der Waals surface area (Å²) < 4.78 is 0. The van der Waals surface area contributed by atoms with E-state index in [4.69, 9.17) is 0 Å². The molecule has 1 saturated heterocycles. The second kappa shape index (κ2) is 7.28. The lowest BCUT2D eigenvalue weighted by Crippen LogP contribution is -2.43. The molecule has 3 nitrogen and oxygen atoms in total. The van der Waals surface area contributed by atoms with Crippen molar-refractivity contribution in [1.82, 2.24) is 10.2 Å². The maximum absolute atomic E-state index is 12.6. The number of carbonyl (C=O) groups is 1. The Labute approximate surface area is 133 Å². The molecule has 3 rings (SSSR count). The zero-order valence-electron chi connectivity index (χ0n) is 12.6. The number of benzene rings is 1. The largest absolute Gasteiger partial charge is 0.340 e. The van der Waals surface area contributed by atoms with Crippen LogP contribution in [0, 0.1) is 5.92 Å². The minimum Gasteiger partial charge on any atom is -0.340 e. The first-order valence-corrected chi connectivity index (χ1v) is 7.79. The molecule has 1 aromatic carbocycles. The Morgan fingerprint density at radius 1 is 1.24 bits per heavy atom. The van der Waals surface area contributed by atoms with Gasteiger partial charge in [0, 0.05) is 19.6 Å². The Kier molecular flexibility index (Phi) is 5.65. The van der Waals surface area contributed by atoms with E-state index < -0.39 is 0 Å². The maximum Gasteiger partial charge on any atom is 0.239 e. The van der Waals surface area contributed by atoms with Crippen LogP contribution in [0.15, 0.2) is 30.3 Å². The maximum atomic E-state index is 12.6. The number of hydrogen-bond donors (Lipinski definition) is 1. The standard InChI is InChI=1S/C17H24N2O.ClH/c1-19(12-13-7-3-2-4-8-13)17(20)16-11-14-9-5-6-10-15(14)18-16;/h2-4,7-8,14-16,18H,5-6,9-12H2,1H3;1H. The van der Waals surface area contributed by atoms with E-state index in [-0.39, 0.29) is 24.4 Å². The van der Waals surface area contributed by atoms with Gasteiger partial charge in [-0.1, -0.05) is 43.2 Å². The van der Waals surface area contributed by atoms with E-state index in [1.807, 2.05) is 30.1 Å². The van der Waals surface area contributed by atoms with E-state index >= 15 is 0 Å². The number of fused-ring (bicyclic) bond motifs is 1. The minimum atomic E-state index is 0. The van der Waals surface area contributed by atoms with Gasteiger partial charge in [-0.25, -0.2) is 0 Å². The Morgan fingerprint density at radius 3 is 2.67 bits per heavy atom. The minimum absolute atomic E-state index is 0. The molecule has 1 aliphatic carbocycles. The molecule has 1 saturated carbocycles. The van der Waals surface area contributed by atoms with Crippen molar-refractivity contribution in [1.29, 1.82) is 0 Å². The Bertz CT molecular complexity index is 451. The zero-order chi connectivity index (χ0) is 13.9. The van der Waals surface area contributed by atoms with Gasteiger partial charge in [0.1, 0.15) is 0 Å². The molecule has 2 fully saturated rings. The van der Waals surface area contributed by atoms with E-state index in [0.717, 1.165) is 12.3 Å². The van der Waals surface area contributed by atoms with E-state index in [2.05, 4.69) is 17.4 Å². The smallest absolute Gasteiger partial charge is 0.239 e. The van der Waals surface area contributed by atoms with Gasteiger partial charge >= 0.3 is 0 Å². The fourth-order valence-corrected chi connectivity index (χ4v) is 3.71. The molecule has 2 aliphatic rings. The van der Waals surface area contributed by atoms with Crippen LogP contribution in [0.2, 0.25) is 0 Å². The third kappa shape index (κ3) is 3.78. The average molecular weight is 309 g/mol. The van der Waals surface area contributed by atoms with Crippen molar-refractivity contribution < 1.29 is 4.79 Å². The van der Waals surface area contributed by atoms with Gasteiger partial charge in [0.15, 0.2) is 0 Å². The number of rotatable bonds is 3. The SMILES string of the molecule is CN(Cc1ccccc1)C(=O)C1CC2CCCCC2N1.Cl. The first-order valence-electron chi connectivity index (χ1n) is 7.79. The van der Waals surface area contributed by atoms with Crippen LogP contribution in [0.3, 0.4) is 0 Å². The summed E-state index contributed by atoms with van der Waals surface area (Å²) in [6.07, 6.45) is 6.22. The van der Waals surface area contributed by atoms with Crippen molar-refractivity contribution in [2.45, 2.75) is 50.7 Å². The molecule has 116 valence electrons. The van der Waals surface area contributed by atoms with Crippen LogP contribution in [-0.4, -0.2) is 29.9 Å². The summed E-state index contributed by atoms with van der Waals surface area (Å²) in [4.78, 5) is 14.4. The molecule has 3 unspecified atom stereocenters. The van der Waals surface area contributed by atoms with Crippen molar-refractivity contribution in [2.24, 2.45) is 5.92 Å². The van der Waals surface area contributed by atoms with Gasteiger partial charge in [0.05, 0.1) is 6.04 Å². The van der Waals surface area contributed by atoms with E-state index in [9.17, 15) is 4.79 Å². The first kappa shape index (κ1) is 16.3. The van der Waals surface area contributed by atoms with Crippen LogP contribution < -0.4 is 5.32 Å². The summed E-state index contributed by atoms with van der Waals surface area (Å²) in [5.41, 5.74) is 1.19. The summed E-state index contributed by atoms with van der Waals surface area (Å²) in [6.45, 7) is 0.702. The van der Waals surface area contributed by atoms with Crippen LogP contribution in [0.25, 0.3) is 0 Å². The van der Waals surface area contributed by atoms with Crippen molar-refractivity contribution in [2.75, 3.05) is 7.05 Å². The second-order valence-corrected chi connectivity index (χ2v) is 6.29. The van der Waals surface area contributed by atoms with E-state index in [1.165, 1.54) is 31.2 Å². The highest BCUT2D eigenvalue weighted by Gasteiger charge is 2.39. The lowest BCUT2D eigenvalue weighted by Gasteiger charge is -2.24. The quantitative estimate of drug-likeness (QED) is 0.931. The number of likely N-dealkylation sites (N-methyl/N-ethyl adjacent to an activating group) is 1. The monoisotopic (exact) mass is 308 g/mol. The number of carbonyl (C=O) groups excluding carboxylic acids is 1. The first-order chi connectivity index (χ1) is 9.74. The number of halogens is 1. The molecule has 0 radical (unpaired) electrons. The number of nitrogens with zero attached hydrogens (tertiary/aromatic N) is 1. The molecule has 3 atom stereocenters. The van der Waals surface area contributed by atoms with Crippen molar-refractivity contribution in [3.05, 3.63) is 35.9 Å². The van der Waals surface area contributed by atoms with Crippen LogP contribution >= 0.6 is 12.4 Å². The number of nitrogens with one attached hydrogen (secondary N) is 1. The van der Waals surface area contributed by atoms with Gasteiger partial charge in [-0.15, -0.1) is 12.4 Å². The summed E-state index contributed by atoms with van der Waals surface area (Å²) >= 11 is 0. The molecule has 1 amide bonds. The average Bonchev–Trinajstić information content (AvgIpc) is 2.91. The van der Waals surface area contributed by atoms with Crippen LogP contribution in [-0.2, 0) is 11.3 Å². The fraction of sp³-hybridized carbons (Fsp3) is 0.588. The van der Waals surface area contributed by atoms with E-state index in [1.54, 1.807) is 0 Å². The third-order valence-electron chi connectivity index (χ3n) is 4.80. The molecule has 1 N–H and O–H groups in total. The van der Waals surface area contributed by atoms with Gasteiger partial charge in [0.2, 0.25) is 5.91 Å². The van der Waals surface area contributed by atoms with Crippen molar-refractivity contribution in [3.8, 4) is 0 Å². The van der Waals surface area contributed by atoms with Gasteiger partial charge in [0.25, 0.3) is 0 Å². The molecule has 1 aromatic rings. The van der Waals surface area contributed by atoms with Crippen LogP contribution in [0.4, 0.5) is 0 Å². The predicted octanol–water partition coefficient (Wildman–Crippen LogP) is 2.99. The Balaban J connectivity index is 0.00000161. The Hall–Kier alpha value is -1.06. The molecule has 1 heterocycles. The topological polar surface area (TPSA) is 32.3 Å². The highest BCUT2D eigenvalue weighted by Crippen LogP contribution is 2.33. The normalized spacial score (nSPS) is 27.6. The Morgan fingerprint density at radius 2 is 1.95 bits per heavy atom. The highest BCUT2D eigenvalue weighted by molar-refractivity contribution is 5.85. The lowest BCUT2D eigenvalue weighted by atomic mass is 9.85. The van der Waals surface area contributed by atoms with Gasteiger partial charge in [-0.2, -0.15) is 0 Å². The molecule has 0 aromatic heterocycles. The van der Waals surface area contributed by atoms with Gasteiger partial charge in [-0.05, 0) is 30.7 Å². The number of hydrogen-bond acceptors (Lipinski definition) is 2. The van der Waals surface area contributed by atoms with Crippen molar-refractivity contribution >= 4 is 18.3 Å². The van der Waals surface area contributed by atoms with Gasteiger partial charge in [-0.3, -0.25) is 4.79 Å². The third-order valence-corrected chi connectivity index (χ3v) is 4.80. The second-order valence-electron chi connectivity index (χ2n) is 6.29. The number of amides is 1. The van der Waals surface area contributed by atoms with Crippen LogP contribution in [0.1, 0.15) is 37.7 Å². The summed E-state index contributed by atoms with van der Waals surface area (Å²) in [5.74, 6) is 0.978. The van der Waals surface area contributed by atoms with Crippen LogP contribution in [0.5, 0.6) is 0 Å². The van der Waals surface area contributed by atoms with Gasteiger partial charge < -0.3 is 10.2 Å². The molecule has 0 bridgehead atoms.